The highest BCUT2D eigenvalue weighted by atomic mass is 19.1. The number of nitrogens with zero attached hydrogens (tertiary/aromatic N) is 3. The van der Waals surface area contributed by atoms with E-state index in [1.54, 1.807) is 12.1 Å². The third-order valence-corrected chi connectivity index (χ3v) is 6.47. The van der Waals surface area contributed by atoms with Crippen molar-refractivity contribution in [2.75, 3.05) is 26.2 Å². The quantitative estimate of drug-likeness (QED) is 0.812. The Labute approximate surface area is 166 Å². The first-order valence-electron chi connectivity index (χ1n) is 10.1. The summed E-state index contributed by atoms with van der Waals surface area (Å²) in [6, 6.07) is 10.9. The summed E-state index contributed by atoms with van der Waals surface area (Å²) in [5.41, 5.74) is 0.859. The second-order valence-electron chi connectivity index (χ2n) is 8.72. The van der Waals surface area contributed by atoms with Crippen molar-refractivity contribution in [2.24, 2.45) is 5.41 Å². The van der Waals surface area contributed by atoms with Gasteiger partial charge < -0.3 is 4.90 Å². The summed E-state index contributed by atoms with van der Waals surface area (Å²) in [6.07, 6.45) is 5.27. The summed E-state index contributed by atoms with van der Waals surface area (Å²) in [7, 11) is 0. The third-order valence-electron chi connectivity index (χ3n) is 6.47. The van der Waals surface area contributed by atoms with Gasteiger partial charge in [0.05, 0.1) is 5.41 Å². The van der Waals surface area contributed by atoms with Crippen molar-refractivity contribution >= 4 is 5.91 Å². The van der Waals surface area contributed by atoms with E-state index in [1.807, 2.05) is 35.5 Å². The second kappa shape index (κ2) is 7.28. The molecule has 28 heavy (non-hydrogen) atoms. The molecular weight excluding hydrogens is 353 g/mol. The molecule has 1 aliphatic carbocycles. The van der Waals surface area contributed by atoms with E-state index in [1.165, 1.54) is 11.6 Å². The molecule has 0 spiro atoms. The monoisotopic (exact) mass is 381 g/mol. The Hall–Kier alpha value is -2.27. The topological polar surface area (TPSA) is 36.4 Å². The van der Waals surface area contributed by atoms with Crippen molar-refractivity contribution in [3.63, 3.8) is 0 Å². The molecule has 0 bridgehead atoms. The molecule has 1 aliphatic heterocycles. The summed E-state index contributed by atoms with van der Waals surface area (Å²) in [6.45, 7) is 8.24. The molecule has 1 amide bonds. The van der Waals surface area contributed by atoms with Gasteiger partial charge in [0.25, 0.3) is 0 Å². The number of rotatable bonds is 4. The maximum absolute atomic E-state index is 14.6. The molecule has 5 heteroatoms. The van der Waals surface area contributed by atoms with Crippen molar-refractivity contribution in [3.05, 3.63) is 65.7 Å². The van der Waals surface area contributed by atoms with E-state index < -0.39 is 5.41 Å². The first-order chi connectivity index (χ1) is 13.4. The highest BCUT2D eigenvalue weighted by molar-refractivity contribution is 5.93. The van der Waals surface area contributed by atoms with Gasteiger partial charge in [-0.15, -0.1) is 0 Å². The standard InChI is InChI=1S/C23H28FN3O/c1-22(2)17-23(22,19-6-3-4-7-20(19)24)21(28)27-13-5-12-26(14-15-27)16-18-8-10-25-11-9-18/h3-4,6-11H,5,12-17H2,1-2H3/t23-/m0/s1. The molecule has 2 heterocycles. The number of amides is 1. The number of hydrogen-bond donors (Lipinski definition) is 0. The lowest BCUT2D eigenvalue weighted by atomic mass is 9.86. The van der Waals surface area contributed by atoms with Gasteiger partial charge in [0.15, 0.2) is 0 Å². The zero-order valence-electron chi connectivity index (χ0n) is 16.7. The van der Waals surface area contributed by atoms with Crippen LogP contribution in [0.25, 0.3) is 0 Å². The minimum atomic E-state index is -0.724. The Morgan fingerprint density at radius 3 is 2.46 bits per heavy atom. The van der Waals surface area contributed by atoms with Gasteiger partial charge in [0.1, 0.15) is 5.82 Å². The molecule has 4 rings (SSSR count). The number of benzene rings is 1. The normalized spacial score (nSPS) is 24.6. The van der Waals surface area contributed by atoms with Crippen LogP contribution in [0.3, 0.4) is 0 Å². The highest BCUT2D eigenvalue weighted by Gasteiger charge is 2.68. The molecule has 0 radical (unpaired) electrons. The number of aromatic nitrogens is 1. The Kier molecular flexibility index (Phi) is 4.96. The molecule has 148 valence electrons. The van der Waals surface area contributed by atoms with Crippen LogP contribution in [0.1, 0.15) is 37.8 Å². The van der Waals surface area contributed by atoms with Crippen LogP contribution in [0.15, 0.2) is 48.8 Å². The Balaban J connectivity index is 1.49. The van der Waals surface area contributed by atoms with Crippen molar-refractivity contribution in [2.45, 2.75) is 38.6 Å². The van der Waals surface area contributed by atoms with Crippen LogP contribution >= 0.6 is 0 Å². The summed E-state index contributed by atoms with van der Waals surface area (Å²) in [5.74, 6) is -0.177. The molecule has 1 aromatic heterocycles. The van der Waals surface area contributed by atoms with E-state index in [9.17, 15) is 9.18 Å². The Morgan fingerprint density at radius 1 is 1.07 bits per heavy atom. The van der Waals surface area contributed by atoms with Crippen molar-refractivity contribution < 1.29 is 9.18 Å². The minimum Gasteiger partial charge on any atom is -0.341 e. The average Bonchev–Trinajstić information content (AvgIpc) is 3.34. The SMILES string of the molecule is CC1(C)C[C@@]1(C(=O)N1CCCN(Cc2ccncc2)CC1)c1ccccc1F. The van der Waals surface area contributed by atoms with Crippen LogP contribution < -0.4 is 0 Å². The average molecular weight is 381 g/mol. The molecule has 1 saturated heterocycles. The van der Waals surface area contributed by atoms with Crippen molar-refractivity contribution in [3.8, 4) is 0 Å². The second-order valence-corrected chi connectivity index (χ2v) is 8.72. The number of carbonyl (C=O) groups excluding carboxylic acids is 1. The zero-order valence-corrected chi connectivity index (χ0v) is 16.7. The predicted molar refractivity (Wildman–Crippen MR) is 107 cm³/mol. The number of carbonyl (C=O) groups is 1. The molecule has 0 N–H and O–H groups in total. The molecule has 2 aromatic rings. The maximum atomic E-state index is 14.6. The number of hydrogen-bond acceptors (Lipinski definition) is 3. The van der Waals surface area contributed by atoms with Gasteiger partial charge in [-0.3, -0.25) is 14.7 Å². The van der Waals surface area contributed by atoms with Gasteiger partial charge in [-0.2, -0.15) is 0 Å². The Bertz CT molecular complexity index is 854. The molecule has 2 fully saturated rings. The lowest BCUT2D eigenvalue weighted by molar-refractivity contribution is -0.134. The lowest BCUT2D eigenvalue weighted by Crippen LogP contribution is -2.43. The molecule has 2 aliphatic rings. The van der Waals surface area contributed by atoms with Gasteiger partial charge in [-0.1, -0.05) is 32.0 Å². The molecule has 1 saturated carbocycles. The largest absolute Gasteiger partial charge is 0.341 e. The van der Waals surface area contributed by atoms with E-state index in [2.05, 4.69) is 23.7 Å². The number of halogens is 1. The van der Waals surface area contributed by atoms with Crippen LogP contribution in [0.5, 0.6) is 0 Å². The number of pyridine rings is 1. The summed E-state index contributed by atoms with van der Waals surface area (Å²) < 4.78 is 14.6. The fraction of sp³-hybridized carbons (Fsp3) is 0.478. The first-order valence-corrected chi connectivity index (χ1v) is 10.1. The van der Waals surface area contributed by atoms with Gasteiger partial charge in [-0.05, 0) is 42.0 Å². The summed E-state index contributed by atoms with van der Waals surface area (Å²) in [5, 5.41) is 0. The van der Waals surface area contributed by atoms with Crippen LogP contribution in [-0.4, -0.2) is 46.9 Å². The van der Waals surface area contributed by atoms with E-state index in [0.717, 1.165) is 32.6 Å². The van der Waals surface area contributed by atoms with E-state index in [-0.39, 0.29) is 17.1 Å². The van der Waals surface area contributed by atoms with Crippen LogP contribution in [0.4, 0.5) is 4.39 Å². The van der Waals surface area contributed by atoms with Gasteiger partial charge >= 0.3 is 0 Å². The smallest absolute Gasteiger partial charge is 0.233 e. The summed E-state index contributed by atoms with van der Waals surface area (Å²) >= 11 is 0. The lowest BCUT2D eigenvalue weighted by Gasteiger charge is -2.29. The molecule has 0 unspecified atom stereocenters. The summed E-state index contributed by atoms with van der Waals surface area (Å²) in [4.78, 5) is 22.0. The predicted octanol–water partition coefficient (Wildman–Crippen LogP) is 3.62. The molecule has 4 nitrogen and oxygen atoms in total. The maximum Gasteiger partial charge on any atom is 0.233 e. The van der Waals surface area contributed by atoms with E-state index >= 15 is 0 Å². The zero-order chi connectivity index (χ0) is 19.8. The van der Waals surface area contributed by atoms with Gasteiger partial charge in [0, 0.05) is 50.7 Å². The van der Waals surface area contributed by atoms with Gasteiger partial charge in [0.2, 0.25) is 5.91 Å². The first kappa shape index (κ1) is 19.1. The minimum absolute atomic E-state index is 0.0911. The van der Waals surface area contributed by atoms with Crippen LogP contribution in [0.2, 0.25) is 0 Å². The van der Waals surface area contributed by atoms with Crippen LogP contribution in [0, 0.1) is 11.2 Å². The van der Waals surface area contributed by atoms with Crippen molar-refractivity contribution in [1.82, 2.24) is 14.8 Å². The molecule has 1 atom stereocenters. The van der Waals surface area contributed by atoms with E-state index in [4.69, 9.17) is 0 Å². The van der Waals surface area contributed by atoms with Crippen molar-refractivity contribution in [1.29, 1.82) is 0 Å². The van der Waals surface area contributed by atoms with Gasteiger partial charge in [-0.25, -0.2) is 4.39 Å². The third kappa shape index (κ3) is 3.32. The molecular formula is C23H28FN3O. The Morgan fingerprint density at radius 2 is 1.79 bits per heavy atom. The van der Waals surface area contributed by atoms with Crippen LogP contribution in [-0.2, 0) is 16.8 Å². The highest BCUT2D eigenvalue weighted by Crippen LogP contribution is 2.65. The fourth-order valence-corrected chi connectivity index (χ4v) is 4.71. The van der Waals surface area contributed by atoms with E-state index in [0.29, 0.717) is 18.5 Å². The molecule has 1 aromatic carbocycles. The fourth-order valence-electron chi connectivity index (χ4n) is 4.71.